The Hall–Kier alpha value is -1.10. The molecule has 0 saturated heterocycles. The van der Waals surface area contributed by atoms with Gasteiger partial charge in [0.2, 0.25) is 5.41 Å². The first-order chi connectivity index (χ1) is 8.10. The molecule has 8 nitrogen and oxygen atoms in total. The van der Waals surface area contributed by atoms with E-state index in [1.165, 1.54) is 0 Å². The number of ketones is 2. The molecule has 0 aliphatic rings. The van der Waals surface area contributed by atoms with Crippen molar-refractivity contribution in [3.8, 4) is 0 Å². The Morgan fingerprint density at radius 3 is 1.39 bits per heavy atom. The summed E-state index contributed by atoms with van der Waals surface area (Å²) in [6.07, 6.45) is 0. The summed E-state index contributed by atoms with van der Waals surface area (Å²) < 4.78 is 0. The highest BCUT2D eigenvalue weighted by atomic mass is 32.1. The molecule has 0 bridgehead atoms. The van der Waals surface area contributed by atoms with Crippen LogP contribution in [-0.4, -0.2) is 50.9 Å². The lowest BCUT2D eigenvalue weighted by Crippen LogP contribution is -2.76. The normalized spacial score (nSPS) is 12.0. The molecule has 0 aromatic carbocycles. The second-order valence-electron chi connectivity index (χ2n) is 3.39. The Labute approximate surface area is 113 Å². The molecule has 10 heteroatoms. The van der Waals surface area contributed by atoms with E-state index in [1.807, 2.05) is 0 Å². The number of Topliss-reactive ketones (excluding diaryl/α,β-unsaturated/α-hetero) is 2. The molecule has 0 amide bonds. The van der Waals surface area contributed by atoms with Gasteiger partial charge in [0, 0.05) is 0 Å². The molecule has 0 aliphatic carbocycles. The fraction of sp³-hybridized carbons (Fsp3) is 0.500. The van der Waals surface area contributed by atoms with Crippen molar-refractivity contribution in [3.63, 3.8) is 0 Å². The number of hydrogen-bond acceptors (Lipinski definition) is 8. The Kier molecular flexibility index (Phi) is 5.35. The van der Waals surface area contributed by atoms with Crippen molar-refractivity contribution in [1.29, 1.82) is 0 Å². The minimum absolute atomic E-state index is 0.713. The number of rotatable bonds is 7. The van der Waals surface area contributed by atoms with Crippen LogP contribution in [0.15, 0.2) is 0 Å². The van der Waals surface area contributed by atoms with E-state index in [2.05, 4.69) is 25.3 Å². The number of carboxylic acid groups (broad SMARTS) is 2. The average molecular weight is 296 g/mol. The van der Waals surface area contributed by atoms with Crippen molar-refractivity contribution in [2.75, 3.05) is 11.5 Å². The minimum Gasteiger partial charge on any atom is -0.480 e. The summed E-state index contributed by atoms with van der Waals surface area (Å²) in [6, 6.07) is 0. The molecular formula is C8H12N2O6S2. The van der Waals surface area contributed by atoms with Gasteiger partial charge in [-0.2, -0.15) is 25.3 Å². The topological polar surface area (TPSA) is 161 Å². The Balaban J connectivity index is 6.28. The molecular weight excluding hydrogens is 284 g/mol. The lowest BCUT2D eigenvalue weighted by Gasteiger charge is -2.36. The first-order valence-electron chi connectivity index (χ1n) is 4.43. The predicted octanol–water partition coefficient (Wildman–Crippen LogP) is -2.25. The van der Waals surface area contributed by atoms with Crippen LogP contribution in [0.1, 0.15) is 0 Å². The van der Waals surface area contributed by atoms with Crippen LogP contribution in [0.25, 0.3) is 0 Å². The van der Waals surface area contributed by atoms with E-state index in [4.69, 9.17) is 21.7 Å². The second-order valence-corrected chi connectivity index (χ2v) is 4.02. The summed E-state index contributed by atoms with van der Waals surface area (Å²) in [6.45, 7) is 0. The van der Waals surface area contributed by atoms with Gasteiger partial charge in [-0.15, -0.1) is 0 Å². The van der Waals surface area contributed by atoms with Crippen molar-refractivity contribution >= 4 is 48.8 Å². The third-order valence-corrected chi connectivity index (χ3v) is 2.99. The van der Waals surface area contributed by atoms with Gasteiger partial charge in [0.15, 0.2) is 17.2 Å². The molecule has 0 aromatic heterocycles. The van der Waals surface area contributed by atoms with Crippen LogP contribution in [0.3, 0.4) is 0 Å². The summed E-state index contributed by atoms with van der Waals surface area (Å²) >= 11 is 7.09. The monoisotopic (exact) mass is 296 g/mol. The van der Waals surface area contributed by atoms with Crippen LogP contribution in [-0.2, 0) is 19.2 Å². The smallest absolute Gasteiger partial charge is 0.340 e. The van der Waals surface area contributed by atoms with E-state index in [0.29, 0.717) is 0 Å². The fourth-order valence-corrected chi connectivity index (χ4v) is 1.90. The van der Waals surface area contributed by atoms with Gasteiger partial charge in [-0.1, -0.05) is 0 Å². The largest absolute Gasteiger partial charge is 0.480 e. The Morgan fingerprint density at radius 2 is 1.22 bits per heavy atom. The van der Waals surface area contributed by atoms with Gasteiger partial charge in [0.1, 0.15) is 0 Å². The number of aliphatic carboxylic acids is 2. The van der Waals surface area contributed by atoms with Crippen LogP contribution in [0.4, 0.5) is 0 Å². The highest BCUT2D eigenvalue weighted by Gasteiger charge is 2.66. The van der Waals surface area contributed by atoms with E-state index in [0.717, 1.165) is 0 Å². The summed E-state index contributed by atoms with van der Waals surface area (Å²) in [7, 11) is 0. The molecule has 6 N–H and O–H groups in total. The van der Waals surface area contributed by atoms with Gasteiger partial charge < -0.3 is 21.7 Å². The zero-order valence-corrected chi connectivity index (χ0v) is 10.8. The molecule has 0 rings (SSSR count). The SMILES string of the molecule is NC(N)(C(=O)O)C(C(=O)O)(C(=O)CS)C(=O)CS. The molecule has 0 spiro atoms. The lowest BCUT2D eigenvalue weighted by molar-refractivity contribution is -0.172. The van der Waals surface area contributed by atoms with Crippen molar-refractivity contribution in [3.05, 3.63) is 0 Å². The third-order valence-electron chi connectivity index (χ3n) is 2.42. The molecule has 0 heterocycles. The maximum atomic E-state index is 11.7. The maximum Gasteiger partial charge on any atom is 0.340 e. The summed E-state index contributed by atoms with van der Waals surface area (Å²) in [5, 5.41) is 17.9. The highest BCUT2D eigenvalue weighted by Crippen LogP contribution is 2.31. The van der Waals surface area contributed by atoms with E-state index in [1.54, 1.807) is 0 Å². The van der Waals surface area contributed by atoms with Crippen molar-refractivity contribution in [2.24, 2.45) is 16.9 Å². The van der Waals surface area contributed by atoms with Crippen LogP contribution < -0.4 is 11.5 Å². The molecule has 0 aliphatic heterocycles. The minimum atomic E-state index is -3.12. The molecule has 18 heavy (non-hydrogen) atoms. The first-order valence-corrected chi connectivity index (χ1v) is 5.70. The molecule has 0 fully saturated rings. The zero-order valence-electron chi connectivity index (χ0n) is 8.99. The standard InChI is InChI=1S/C8H12N2O6S2/c9-8(10,6(15)16)7(5(13)14,3(11)1-17)4(12)2-18/h17-18H,1-2,9-10H2,(H,13,14)(H,15,16). The molecule has 0 radical (unpaired) electrons. The van der Waals surface area contributed by atoms with E-state index < -0.39 is 46.1 Å². The first kappa shape index (κ1) is 16.9. The predicted molar refractivity (Wildman–Crippen MR) is 66.5 cm³/mol. The Morgan fingerprint density at radius 1 is 0.889 bits per heavy atom. The fourth-order valence-electron chi connectivity index (χ4n) is 1.43. The van der Waals surface area contributed by atoms with E-state index in [-0.39, 0.29) is 0 Å². The lowest BCUT2D eigenvalue weighted by atomic mass is 9.69. The zero-order chi connectivity index (χ0) is 14.7. The molecule has 0 aromatic rings. The summed E-state index contributed by atoms with van der Waals surface area (Å²) in [5.74, 6) is -8.11. The van der Waals surface area contributed by atoms with Crippen molar-refractivity contribution in [1.82, 2.24) is 0 Å². The number of carboxylic acids is 2. The van der Waals surface area contributed by atoms with Crippen LogP contribution in [0.2, 0.25) is 0 Å². The highest BCUT2D eigenvalue weighted by molar-refractivity contribution is 7.81. The van der Waals surface area contributed by atoms with Crippen molar-refractivity contribution < 1.29 is 29.4 Å². The average Bonchev–Trinajstić information content (AvgIpc) is 2.27. The van der Waals surface area contributed by atoms with Gasteiger partial charge in [0.25, 0.3) is 0 Å². The molecule has 102 valence electrons. The van der Waals surface area contributed by atoms with E-state index >= 15 is 0 Å². The second kappa shape index (κ2) is 5.69. The summed E-state index contributed by atoms with van der Waals surface area (Å²) in [4.78, 5) is 45.6. The maximum absolute atomic E-state index is 11.7. The number of carbonyl (C=O) groups is 4. The number of nitrogens with two attached hydrogens (primary N) is 2. The third kappa shape index (κ3) is 2.23. The van der Waals surface area contributed by atoms with Crippen molar-refractivity contribution in [2.45, 2.75) is 5.66 Å². The number of thiol groups is 2. The van der Waals surface area contributed by atoms with Crippen LogP contribution >= 0.6 is 25.3 Å². The van der Waals surface area contributed by atoms with Crippen LogP contribution in [0.5, 0.6) is 0 Å². The quantitative estimate of drug-likeness (QED) is 0.174. The molecule has 0 unspecified atom stereocenters. The van der Waals surface area contributed by atoms with Gasteiger partial charge in [-0.3, -0.25) is 14.4 Å². The van der Waals surface area contributed by atoms with Crippen LogP contribution in [0, 0.1) is 5.41 Å². The molecule has 0 atom stereocenters. The number of hydrogen-bond donors (Lipinski definition) is 6. The van der Waals surface area contributed by atoms with Gasteiger partial charge >= 0.3 is 11.9 Å². The van der Waals surface area contributed by atoms with Gasteiger partial charge in [0.05, 0.1) is 11.5 Å². The van der Waals surface area contributed by atoms with E-state index in [9.17, 15) is 19.2 Å². The Bertz CT molecular complexity index is 392. The van der Waals surface area contributed by atoms with Gasteiger partial charge in [-0.25, -0.2) is 4.79 Å². The number of carbonyl (C=O) groups excluding carboxylic acids is 2. The van der Waals surface area contributed by atoms with Gasteiger partial charge in [-0.05, 0) is 0 Å². The molecule has 0 saturated carbocycles. The summed E-state index contributed by atoms with van der Waals surface area (Å²) in [5.41, 5.74) is 4.14.